The Balaban J connectivity index is 1.36. The standard InChI is InChI=1S/C36H34N4O9/c1-2-3-19-45-23-40-32(41)29-27(20-38-40)39(22-37-29)33-31(49-36(44)26-17-11-6-12-18-26)30(48-35(43)25-15-9-5-10-16-25)28(47-33)21-46-34(42)24-13-7-4-8-14-24/h4-18,20,22,28,30-31,33H,2-3,19,21,23H2,1H3. The van der Waals surface area contributed by atoms with Gasteiger partial charge in [-0.2, -0.15) is 5.10 Å². The minimum atomic E-state index is -1.28. The van der Waals surface area contributed by atoms with Crippen molar-refractivity contribution in [1.82, 2.24) is 19.3 Å². The highest BCUT2D eigenvalue weighted by atomic mass is 16.7. The molecule has 2 aromatic heterocycles. The van der Waals surface area contributed by atoms with Crippen LogP contribution in [0.2, 0.25) is 0 Å². The minimum absolute atomic E-state index is 0.0504. The molecule has 1 aliphatic heterocycles. The molecular formula is C36H34N4O9. The van der Waals surface area contributed by atoms with Gasteiger partial charge in [0.1, 0.15) is 19.4 Å². The van der Waals surface area contributed by atoms with Gasteiger partial charge >= 0.3 is 17.9 Å². The van der Waals surface area contributed by atoms with Crippen LogP contribution >= 0.6 is 0 Å². The molecule has 3 aromatic carbocycles. The molecular weight excluding hydrogens is 632 g/mol. The van der Waals surface area contributed by atoms with Crippen LogP contribution < -0.4 is 5.56 Å². The largest absolute Gasteiger partial charge is 0.459 e. The fourth-order valence-electron chi connectivity index (χ4n) is 5.34. The Morgan fingerprint density at radius 2 is 1.37 bits per heavy atom. The van der Waals surface area contributed by atoms with Crippen molar-refractivity contribution in [3.63, 3.8) is 0 Å². The van der Waals surface area contributed by atoms with Crippen LogP contribution in [0.25, 0.3) is 11.0 Å². The number of nitrogens with zero attached hydrogens (tertiary/aromatic N) is 4. The first-order chi connectivity index (χ1) is 23.9. The van der Waals surface area contributed by atoms with Crippen LogP contribution in [-0.2, 0) is 30.4 Å². The van der Waals surface area contributed by atoms with Gasteiger partial charge in [-0.15, -0.1) is 0 Å². The SMILES string of the molecule is CCCCOCn1ncc2c(ncn2C2OC(COC(=O)c3ccccc3)C(OC(=O)c3ccccc3)C2OC(=O)c2ccccc2)c1=O. The first-order valence-electron chi connectivity index (χ1n) is 15.8. The monoisotopic (exact) mass is 666 g/mol. The van der Waals surface area contributed by atoms with Crippen LogP contribution in [-0.4, -0.2) is 68.8 Å². The second-order valence-electron chi connectivity index (χ2n) is 11.2. The van der Waals surface area contributed by atoms with Gasteiger partial charge in [0, 0.05) is 6.61 Å². The molecule has 0 amide bonds. The quantitative estimate of drug-likeness (QED) is 0.0988. The van der Waals surface area contributed by atoms with E-state index in [1.54, 1.807) is 91.0 Å². The van der Waals surface area contributed by atoms with E-state index < -0.39 is 48.0 Å². The number of esters is 3. The van der Waals surface area contributed by atoms with E-state index in [4.69, 9.17) is 23.7 Å². The Morgan fingerprint density at radius 3 is 1.96 bits per heavy atom. The minimum Gasteiger partial charge on any atom is -0.459 e. The van der Waals surface area contributed by atoms with Crippen molar-refractivity contribution >= 4 is 28.9 Å². The zero-order chi connectivity index (χ0) is 34.2. The number of fused-ring (bicyclic) bond motifs is 1. The fourth-order valence-corrected chi connectivity index (χ4v) is 5.34. The van der Waals surface area contributed by atoms with Crippen molar-refractivity contribution < 1.29 is 38.1 Å². The Labute approximate surface area is 280 Å². The van der Waals surface area contributed by atoms with E-state index in [0.29, 0.717) is 12.2 Å². The molecule has 252 valence electrons. The second kappa shape index (κ2) is 15.5. The van der Waals surface area contributed by atoms with Crippen molar-refractivity contribution in [3.8, 4) is 0 Å². The first-order valence-corrected chi connectivity index (χ1v) is 15.8. The predicted molar refractivity (Wildman–Crippen MR) is 175 cm³/mol. The van der Waals surface area contributed by atoms with Crippen molar-refractivity contribution in [3.05, 3.63) is 131 Å². The Bertz CT molecular complexity index is 1950. The Morgan fingerprint density at radius 1 is 0.796 bits per heavy atom. The van der Waals surface area contributed by atoms with Crippen molar-refractivity contribution in [2.45, 2.75) is 51.0 Å². The third-order valence-electron chi connectivity index (χ3n) is 7.90. The van der Waals surface area contributed by atoms with Gasteiger partial charge in [0.25, 0.3) is 5.56 Å². The Hall–Kier alpha value is -5.66. The van der Waals surface area contributed by atoms with Crippen molar-refractivity contribution in [1.29, 1.82) is 0 Å². The first kappa shape index (κ1) is 33.2. The molecule has 4 atom stereocenters. The maximum absolute atomic E-state index is 13.5. The number of imidazole rings is 1. The van der Waals surface area contributed by atoms with Crippen molar-refractivity contribution in [2.75, 3.05) is 13.2 Å². The molecule has 49 heavy (non-hydrogen) atoms. The number of benzene rings is 3. The number of hydrogen-bond acceptors (Lipinski definition) is 11. The van der Waals surface area contributed by atoms with Crippen LogP contribution in [0.15, 0.2) is 108 Å². The van der Waals surface area contributed by atoms with E-state index in [1.165, 1.54) is 17.1 Å². The van der Waals surface area contributed by atoms with Crippen LogP contribution in [0.5, 0.6) is 0 Å². The molecule has 5 aromatic rings. The molecule has 1 saturated heterocycles. The number of unbranched alkanes of at least 4 members (excludes halogenated alkanes) is 1. The lowest BCUT2D eigenvalue weighted by molar-refractivity contribution is -0.0604. The lowest BCUT2D eigenvalue weighted by Crippen LogP contribution is -2.41. The molecule has 0 aliphatic carbocycles. The molecule has 3 heterocycles. The van der Waals surface area contributed by atoms with Gasteiger partial charge in [0.2, 0.25) is 0 Å². The van der Waals surface area contributed by atoms with Gasteiger partial charge in [-0.1, -0.05) is 67.9 Å². The predicted octanol–water partition coefficient (Wildman–Crippen LogP) is 4.57. The average molecular weight is 667 g/mol. The Kier molecular flexibility index (Phi) is 10.5. The van der Waals surface area contributed by atoms with Gasteiger partial charge in [-0.3, -0.25) is 9.36 Å². The molecule has 4 unspecified atom stereocenters. The summed E-state index contributed by atoms with van der Waals surface area (Å²) >= 11 is 0. The summed E-state index contributed by atoms with van der Waals surface area (Å²) in [5.74, 6) is -2.05. The van der Waals surface area contributed by atoms with E-state index in [2.05, 4.69) is 10.1 Å². The summed E-state index contributed by atoms with van der Waals surface area (Å²) in [5.41, 5.74) is 0.653. The number of hydrogen-bond donors (Lipinski definition) is 0. The van der Waals surface area contributed by atoms with Gasteiger partial charge < -0.3 is 23.7 Å². The highest BCUT2D eigenvalue weighted by Gasteiger charge is 2.51. The molecule has 13 heteroatoms. The summed E-state index contributed by atoms with van der Waals surface area (Å²) in [7, 11) is 0. The smallest absolute Gasteiger partial charge is 0.338 e. The topological polar surface area (TPSA) is 150 Å². The van der Waals surface area contributed by atoms with E-state index in [-0.39, 0.29) is 35.5 Å². The lowest BCUT2D eigenvalue weighted by Gasteiger charge is -2.25. The second-order valence-corrected chi connectivity index (χ2v) is 11.2. The third kappa shape index (κ3) is 7.58. The van der Waals surface area contributed by atoms with E-state index in [1.807, 2.05) is 6.92 Å². The van der Waals surface area contributed by atoms with Crippen LogP contribution in [0.1, 0.15) is 57.1 Å². The van der Waals surface area contributed by atoms with Gasteiger partial charge in [0.05, 0.1) is 34.7 Å². The summed E-state index contributed by atoms with van der Waals surface area (Å²) in [6.07, 6.45) is -0.243. The molecule has 0 radical (unpaired) electrons. The van der Waals surface area contributed by atoms with Gasteiger partial charge in [-0.05, 0) is 42.8 Å². The molecule has 6 rings (SSSR count). The lowest BCUT2D eigenvalue weighted by atomic mass is 10.1. The van der Waals surface area contributed by atoms with E-state index in [0.717, 1.165) is 17.5 Å². The van der Waals surface area contributed by atoms with Crippen LogP contribution in [0, 0.1) is 0 Å². The highest BCUT2D eigenvalue weighted by molar-refractivity contribution is 5.91. The van der Waals surface area contributed by atoms with Crippen LogP contribution in [0.3, 0.4) is 0 Å². The average Bonchev–Trinajstić information content (AvgIpc) is 3.72. The van der Waals surface area contributed by atoms with Crippen molar-refractivity contribution in [2.24, 2.45) is 0 Å². The zero-order valence-corrected chi connectivity index (χ0v) is 26.6. The highest BCUT2D eigenvalue weighted by Crippen LogP contribution is 2.36. The normalized spacial score (nSPS) is 18.6. The third-order valence-corrected chi connectivity index (χ3v) is 7.90. The number of carbonyl (C=O) groups is 3. The number of aromatic nitrogens is 4. The molecule has 1 aliphatic rings. The zero-order valence-electron chi connectivity index (χ0n) is 26.6. The van der Waals surface area contributed by atoms with Gasteiger partial charge in [-0.25, -0.2) is 24.0 Å². The summed E-state index contributed by atoms with van der Waals surface area (Å²) in [6, 6.07) is 24.9. The molecule has 0 spiro atoms. The number of ether oxygens (including phenoxy) is 5. The van der Waals surface area contributed by atoms with E-state index in [9.17, 15) is 19.2 Å². The molecule has 13 nitrogen and oxygen atoms in total. The molecule has 1 fully saturated rings. The molecule has 0 bridgehead atoms. The summed E-state index contributed by atoms with van der Waals surface area (Å²) in [6.45, 7) is 2.10. The fraction of sp³-hybridized carbons (Fsp3) is 0.278. The van der Waals surface area contributed by atoms with Gasteiger partial charge in [0.15, 0.2) is 24.0 Å². The number of carbonyl (C=O) groups excluding carboxylic acids is 3. The maximum Gasteiger partial charge on any atom is 0.338 e. The maximum atomic E-state index is 13.5. The summed E-state index contributed by atoms with van der Waals surface area (Å²) in [4.78, 5) is 57.4. The van der Waals surface area contributed by atoms with Crippen LogP contribution in [0.4, 0.5) is 0 Å². The molecule has 0 N–H and O–H groups in total. The van der Waals surface area contributed by atoms with E-state index >= 15 is 0 Å². The molecule has 0 saturated carbocycles. The summed E-state index contributed by atoms with van der Waals surface area (Å²) < 4.78 is 32.2. The number of rotatable bonds is 13. The summed E-state index contributed by atoms with van der Waals surface area (Å²) in [5, 5.41) is 4.26.